The monoisotopic (exact) mass is 424 g/mol. The molecule has 0 fully saturated rings. The maximum Gasteiger partial charge on any atom is 0.304 e. The first kappa shape index (κ1) is 20.3. The number of carbonyl (C=O) groups is 1. The molecule has 1 atom stereocenters. The van der Waals surface area contributed by atoms with Gasteiger partial charge in [0.05, 0.1) is 6.20 Å². The van der Waals surface area contributed by atoms with E-state index in [1.165, 1.54) is 12.3 Å². The lowest BCUT2D eigenvalue weighted by molar-refractivity contribution is -0.0687. The number of anilines is 3. The third-order valence-corrected chi connectivity index (χ3v) is 3.59. The van der Waals surface area contributed by atoms with Crippen LogP contribution in [0, 0.1) is 0 Å². The number of halogens is 4. The standard InChI is InChI=1S/C17H12ClF3N6O2/c18-9-1-3-10(4-2-9)25-17-23-6-5-11(27-17)15(28)26-12-7-22-8-24-16(12)29-14(21)13(19)20/h1-8,13-14H,(H,26,28)(H,23,25,27). The van der Waals surface area contributed by atoms with Crippen LogP contribution >= 0.6 is 11.6 Å². The van der Waals surface area contributed by atoms with Crippen molar-refractivity contribution in [2.45, 2.75) is 12.8 Å². The number of nitrogens with one attached hydrogen (secondary N) is 2. The Morgan fingerprint density at radius 2 is 1.86 bits per heavy atom. The minimum atomic E-state index is -3.38. The molecule has 0 radical (unpaired) electrons. The van der Waals surface area contributed by atoms with Crippen molar-refractivity contribution < 1.29 is 22.7 Å². The van der Waals surface area contributed by atoms with Crippen molar-refractivity contribution in [3.05, 3.63) is 59.8 Å². The highest BCUT2D eigenvalue weighted by molar-refractivity contribution is 6.30. The normalized spacial score (nSPS) is 11.8. The molecule has 1 aromatic carbocycles. The minimum absolute atomic E-state index is 0.0584. The number of amides is 1. The van der Waals surface area contributed by atoms with Crippen LogP contribution in [-0.4, -0.2) is 38.6 Å². The number of alkyl halides is 3. The lowest BCUT2D eigenvalue weighted by atomic mass is 10.3. The zero-order valence-corrected chi connectivity index (χ0v) is 15.1. The number of ether oxygens (including phenoxy) is 1. The molecule has 150 valence electrons. The largest absolute Gasteiger partial charge is 0.435 e. The Kier molecular flexibility index (Phi) is 6.39. The van der Waals surface area contributed by atoms with Crippen LogP contribution in [0.4, 0.5) is 30.5 Å². The number of aromatic nitrogens is 4. The summed E-state index contributed by atoms with van der Waals surface area (Å²) in [6.45, 7) is 0. The Bertz CT molecular complexity index is 993. The summed E-state index contributed by atoms with van der Waals surface area (Å²) in [6, 6.07) is 8.03. The molecule has 2 aromatic heterocycles. The molecule has 3 rings (SSSR count). The van der Waals surface area contributed by atoms with Gasteiger partial charge in [0.25, 0.3) is 12.3 Å². The average Bonchev–Trinajstić information content (AvgIpc) is 2.71. The van der Waals surface area contributed by atoms with E-state index in [4.69, 9.17) is 11.6 Å². The third kappa shape index (κ3) is 5.51. The number of nitrogens with zero attached hydrogens (tertiary/aromatic N) is 4. The van der Waals surface area contributed by atoms with E-state index in [0.29, 0.717) is 10.7 Å². The first-order chi connectivity index (χ1) is 13.9. The summed E-state index contributed by atoms with van der Waals surface area (Å²) in [5.41, 5.74) is 0.378. The van der Waals surface area contributed by atoms with Crippen LogP contribution in [0.25, 0.3) is 0 Å². The van der Waals surface area contributed by atoms with E-state index in [2.05, 4.69) is 35.3 Å². The molecule has 2 heterocycles. The molecular weight excluding hydrogens is 413 g/mol. The van der Waals surface area contributed by atoms with Crippen molar-refractivity contribution in [2.75, 3.05) is 10.6 Å². The van der Waals surface area contributed by atoms with Gasteiger partial charge in [0, 0.05) is 16.9 Å². The van der Waals surface area contributed by atoms with E-state index in [1.807, 2.05) is 0 Å². The highest BCUT2D eigenvalue weighted by Gasteiger charge is 2.23. The quantitative estimate of drug-likeness (QED) is 0.593. The molecule has 3 aromatic rings. The van der Waals surface area contributed by atoms with E-state index >= 15 is 0 Å². The summed E-state index contributed by atoms with van der Waals surface area (Å²) >= 11 is 5.82. The zero-order chi connectivity index (χ0) is 20.8. The van der Waals surface area contributed by atoms with Crippen molar-refractivity contribution in [3.8, 4) is 5.88 Å². The number of rotatable bonds is 7. The van der Waals surface area contributed by atoms with Gasteiger partial charge in [-0.15, -0.1) is 0 Å². The van der Waals surface area contributed by atoms with Crippen LogP contribution in [0.2, 0.25) is 5.02 Å². The first-order valence-corrected chi connectivity index (χ1v) is 8.36. The Labute approximate surface area is 167 Å². The summed E-state index contributed by atoms with van der Waals surface area (Å²) in [4.78, 5) is 27.7. The Morgan fingerprint density at radius 3 is 2.59 bits per heavy atom. The predicted molar refractivity (Wildman–Crippen MR) is 98.3 cm³/mol. The van der Waals surface area contributed by atoms with Gasteiger partial charge in [-0.25, -0.2) is 23.7 Å². The Hall–Kier alpha value is -3.47. The molecule has 2 N–H and O–H groups in total. The van der Waals surface area contributed by atoms with Crippen molar-refractivity contribution in [1.82, 2.24) is 19.9 Å². The van der Waals surface area contributed by atoms with Crippen molar-refractivity contribution >= 4 is 34.8 Å². The van der Waals surface area contributed by atoms with Crippen LogP contribution in [-0.2, 0) is 0 Å². The van der Waals surface area contributed by atoms with Crippen LogP contribution in [0.3, 0.4) is 0 Å². The molecule has 0 aliphatic heterocycles. The summed E-state index contributed by atoms with van der Waals surface area (Å²) < 4.78 is 42.3. The Balaban J connectivity index is 1.74. The van der Waals surface area contributed by atoms with Gasteiger partial charge < -0.3 is 15.4 Å². The topological polar surface area (TPSA) is 102 Å². The van der Waals surface area contributed by atoms with Gasteiger partial charge in [-0.05, 0) is 30.3 Å². The van der Waals surface area contributed by atoms with Gasteiger partial charge in [-0.3, -0.25) is 4.79 Å². The first-order valence-electron chi connectivity index (χ1n) is 7.98. The number of hydrogen-bond acceptors (Lipinski definition) is 7. The molecule has 1 amide bonds. The van der Waals surface area contributed by atoms with E-state index in [0.717, 1.165) is 12.5 Å². The molecule has 1 unspecified atom stereocenters. The molecule has 0 spiro atoms. The molecule has 8 nitrogen and oxygen atoms in total. The summed E-state index contributed by atoms with van der Waals surface area (Å²) in [7, 11) is 0. The zero-order valence-electron chi connectivity index (χ0n) is 14.4. The molecule has 0 saturated heterocycles. The Morgan fingerprint density at radius 1 is 1.10 bits per heavy atom. The van der Waals surface area contributed by atoms with Crippen molar-refractivity contribution in [2.24, 2.45) is 0 Å². The molecule has 0 aliphatic rings. The van der Waals surface area contributed by atoms with Crippen LogP contribution in [0.5, 0.6) is 5.88 Å². The molecule has 0 saturated carbocycles. The van der Waals surface area contributed by atoms with E-state index in [1.54, 1.807) is 24.3 Å². The van der Waals surface area contributed by atoms with Gasteiger partial charge in [-0.2, -0.15) is 9.37 Å². The smallest absolute Gasteiger partial charge is 0.304 e. The fraction of sp³-hybridized carbons (Fsp3) is 0.118. The molecule has 12 heteroatoms. The van der Waals surface area contributed by atoms with E-state index < -0.39 is 24.6 Å². The maximum absolute atomic E-state index is 13.2. The molecule has 0 bridgehead atoms. The second-order valence-electron chi connectivity index (χ2n) is 5.40. The van der Waals surface area contributed by atoms with Crippen LogP contribution in [0.15, 0.2) is 49.1 Å². The van der Waals surface area contributed by atoms with Gasteiger partial charge in [0.2, 0.25) is 11.8 Å². The highest BCUT2D eigenvalue weighted by atomic mass is 35.5. The highest BCUT2D eigenvalue weighted by Crippen LogP contribution is 2.23. The summed E-state index contributed by atoms with van der Waals surface area (Å²) in [5.74, 6) is -1.16. The maximum atomic E-state index is 13.2. The minimum Gasteiger partial charge on any atom is -0.435 e. The second-order valence-corrected chi connectivity index (χ2v) is 5.83. The van der Waals surface area contributed by atoms with Gasteiger partial charge >= 0.3 is 6.43 Å². The summed E-state index contributed by atoms with van der Waals surface area (Å²) in [6.07, 6.45) is -2.91. The third-order valence-electron chi connectivity index (χ3n) is 3.33. The predicted octanol–water partition coefficient (Wildman–Crippen LogP) is 3.86. The van der Waals surface area contributed by atoms with Gasteiger partial charge in [0.15, 0.2) is 0 Å². The lowest BCUT2D eigenvalue weighted by Gasteiger charge is -2.13. The van der Waals surface area contributed by atoms with Crippen LogP contribution in [0.1, 0.15) is 10.5 Å². The molecule has 29 heavy (non-hydrogen) atoms. The SMILES string of the molecule is O=C(Nc1cncnc1OC(F)C(F)F)c1ccnc(Nc2ccc(Cl)cc2)n1. The fourth-order valence-corrected chi connectivity index (χ4v) is 2.18. The number of carbonyl (C=O) groups excluding carboxylic acids is 1. The lowest BCUT2D eigenvalue weighted by Crippen LogP contribution is -2.22. The van der Waals surface area contributed by atoms with E-state index in [9.17, 15) is 18.0 Å². The van der Waals surface area contributed by atoms with Gasteiger partial charge in [0.1, 0.15) is 17.7 Å². The van der Waals surface area contributed by atoms with E-state index in [-0.39, 0.29) is 17.3 Å². The summed E-state index contributed by atoms with van der Waals surface area (Å²) in [5, 5.41) is 5.78. The number of hydrogen-bond donors (Lipinski definition) is 2. The number of benzene rings is 1. The van der Waals surface area contributed by atoms with Crippen molar-refractivity contribution in [3.63, 3.8) is 0 Å². The van der Waals surface area contributed by atoms with Crippen molar-refractivity contribution in [1.29, 1.82) is 0 Å². The second kappa shape index (κ2) is 9.15. The van der Waals surface area contributed by atoms with Gasteiger partial charge in [-0.1, -0.05) is 11.6 Å². The fourth-order valence-electron chi connectivity index (χ4n) is 2.05. The molecular formula is C17H12ClF3N6O2. The van der Waals surface area contributed by atoms with Crippen LogP contribution < -0.4 is 15.4 Å². The average molecular weight is 425 g/mol. The molecule has 0 aliphatic carbocycles.